The van der Waals surface area contributed by atoms with Crippen molar-refractivity contribution in [3.63, 3.8) is 0 Å². The van der Waals surface area contributed by atoms with Gasteiger partial charge in [0.15, 0.2) is 0 Å². The second-order valence-electron chi connectivity index (χ2n) is 5.90. The summed E-state index contributed by atoms with van der Waals surface area (Å²) in [6, 6.07) is 5.39. The minimum atomic E-state index is -0.702. The molecule has 1 N–H and O–H groups in total. The van der Waals surface area contributed by atoms with Gasteiger partial charge >= 0.3 is 5.97 Å². The predicted molar refractivity (Wildman–Crippen MR) is 79.4 cm³/mol. The van der Waals surface area contributed by atoms with Gasteiger partial charge in [-0.1, -0.05) is 18.5 Å². The van der Waals surface area contributed by atoms with Gasteiger partial charge in [0.25, 0.3) is 0 Å². The fourth-order valence-corrected chi connectivity index (χ4v) is 3.23. The van der Waals surface area contributed by atoms with Crippen molar-refractivity contribution in [2.24, 2.45) is 11.3 Å². The van der Waals surface area contributed by atoms with Crippen molar-refractivity contribution in [1.29, 1.82) is 0 Å². The Morgan fingerprint density at radius 3 is 2.65 bits per heavy atom. The Labute approximate surface area is 124 Å². The van der Waals surface area contributed by atoms with Crippen LogP contribution in [0, 0.1) is 11.3 Å². The maximum atomic E-state index is 11.8. The molecule has 4 heteroatoms. The van der Waals surface area contributed by atoms with Crippen LogP contribution in [0.3, 0.4) is 0 Å². The van der Waals surface area contributed by atoms with E-state index in [1.54, 1.807) is 19.2 Å². The zero-order valence-electron chi connectivity index (χ0n) is 12.0. The summed E-state index contributed by atoms with van der Waals surface area (Å²) < 4.78 is 5.34. The Hall–Kier alpha value is -1.22. The van der Waals surface area contributed by atoms with Crippen LogP contribution in [0.2, 0.25) is 5.02 Å². The molecule has 20 heavy (non-hydrogen) atoms. The fourth-order valence-electron chi connectivity index (χ4n) is 3.03. The molecule has 1 aromatic carbocycles. The van der Waals surface area contributed by atoms with Crippen LogP contribution in [0.5, 0.6) is 5.75 Å². The molecule has 1 saturated carbocycles. The van der Waals surface area contributed by atoms with Crippen molar-refractivity contribution >= 4 is 17.6 Å². The third-order valence-electron chi connectivity index (χ3n) is 4.46. The summed E-state index contributed by atoms with van der Waals surface area (Å²) in [5.41, 5.74) is 0.210. The largest absolute Gasteiger partial charge is 0.496 e. The zero-order chi connectivity index (χ0) is 14.8. The number of aliphatic carboxylic acids is 1. The summed E-state index contributed by atoms with van der Waals surface area (Å²) >= 11 is 6.04. The lowest BCUT2D eigenvalue weighted by molar-refractivity contribution is -0.151. The van der Waals surface area contributed by atoms with Gasteiger partial charge in [-0.25, -0.2) is 0 Å². The minimum absolute atomic E-state index is 0.485. The molecule has 110 valence electrons. The zero-order valence-corrected chi connectivity index (χ0v) is 12.7. The molecule has 0 unspecified atom stereocenters. The first-order valence-electron chi connectivity index (χ1n) is 7.03. The Balaban J connectivity index is 2.29. The average molecular weight is 297 g/mol. The second-order valence-corrected chi connectivity index (χ2v) is 6.34. The van der Waals surface area contributed by atoms with E-state index in [2.05, 4.69) is 6.92 Å². The fraction of sp³-hybridized carbons (Fsp3) is 0.562. The first kappa shape index (κ1) is 15.2. The molecule has 3 nitrogen and oxygen atoms in total. The minimum Gasteiger partial charge on any atom is -0.496 e. The molecule has 2 rings (SSSR count). The highest BCUT2D eigenvalue weighted by Crippen LogP contribution is 2.43. The quantitative estimate of drug-likeness (QED) is 0.907. The Morgan fingerprint density at radius 1 is 1.45 bits per heavy atom. The van der Waals surface area contributed by atoms with Gasteiger partial charge in [0, 0.05) is 5.02 Å². The summed E-state index contributed by atoms with van der Waals surface area (Å²) in [6.07, 6.45) is 3.86. The van der Waals surface area contributed by atoms with Gasteiger partial charge in [0.2, 0.25) is 0 Å². The molecule has 1 fully saturated rings. The lowest BCUT2D eigenvalue weighted by Gasteiger charge is -2.36. The number of carboxylic acid groups (broad SMARTS) is 1. The molecule has 0 bridgehead atoms. The lowest BCUT2D eigenvalue weighted by Crippen LogP contribution is -2.37. The predicted octanol–water partition coefficient (Wildman–Crippen LogP) is 4.17. The standard InChI is InChI=1S/C16H21ClO3/c1-11-5-7-16(8-6-11,15(18)19)10-12-9-13(17)3-4-14(12)20-2/h3-4,9,11H,5-8,10H2,1-2H3,(H,18,19). The third kappa shape index (κ3) is 3.09. The number of carbonyl (C=O) groups is 1. The monoisotopic (exact) mass is 296 g/mol. The van der Waals surface area contributed by atoms with Gasteiger partial charge in [0.05, 0.1) is 12.5 Å². The topological polar surface area (TPSA) is 46.5 Å². The molecule has 0 spiro atoms. The normalized spacial score (nSPS) is 26.2. The molecule has 0 aromatic heterocycles. The van der Waals surface area contributed by atoms with Gasteiger partial charge in [-0.3, -0.25) is 4.79 Å². The number of rotatable bonds is 4. The van der Waals surface area contributed by atoms with E-state index in [0.29, 0.717) is 23.1 Å². The number of hydrogen-bond donors (Lipinski definition) is 1. The lowest BCUT2D eigenvalue weighted by atomic mass is 9.68. The Bertz CT molecular complexity index is 490. The molecule has 0 heterocycles. The van der Waals surface area contributed by atoms with Crippen LogP contribution in [0.4, 0.5) is 0 Å². The highest BCUT2D eigenvalue weighted by Gasteiger charge is 2.41. The summed E-state index contributed by atoms with van der Waals surface area (Å²) in [7, 11) is 1.60. The van der Waals surface area contributed by atoms with Crippen LogP contribution in [0.15, 0.2) is 18.2 Å². The van der Waals surface area contributed by atoms with E-state index in [1.165, 1.54) is 0 Å². The summed E-state index contributed by atoms with van der Waals surface area (Å²) in [5, 5.41) is 10.3. The molecule has 0 atom stereocenters. The van der Waals surface area contributed by atoms with Crippen LogP contribution in [0.25, 0.3) is 0 Å². The molecule has 1 aliphatic rings. The van der Waals surface area contributed by atoms with E-state index < -0.39 is 11.4 Å². The van der Waals surface area contributed by atoms with Gasteiger partial charge in [0.1, 0.15) is 5.75 Å². The van der Waals surface area contributed by atoms with Crippen molar-refractivity contribution in [3.05, 3.63) is 28.8 Å². The molecule has 0 amide bonds. The maximum absolute atomic E-state index is 11.8. The summed E-state index contributed by atoms with van der Waals surface area (Å²) in [5.74, 6) is 0.629. The van der Waals surface area contributed by atoms with Crippen molar-refractivity contribution in [2.45, 2.75) is 39.0 Å². The van der Waals surface area contributed by atoms with E-state index in [1.807, 2.05) is 6.07 Å². The van der Waals surface area contributed by atoms with Crippen molar-refractivity contribution < 1.29 is 14.6 Å². The van der Waals surface area contributed by atoms with Gasteiger partial charge < -0.3 is 9.84 Å². The van der Waals surface area contributed by atoms with Crippen molar-refractivity contribution in [1.82, 2.24) is 0 Å². The van der Waals surface area contributed by atoms with Crippen LogP contribution < -0.4 is 4.74 Å². The highest BCUT2D eigenvalue weighted by atomic mass is 35.5. The smallest absolute Gasteiger partial charge is 0.309 e. The first-order chi connectivity index (χ1) is 9.47. The first-order valence-corrected chi connectivity index (χ1v) is 7.40. The Kier molecular flexibility index (Phi) is 4.59. The van der Waals surface area contributed by atoms with Crippen LogP contribution in [-0.4, -0.2) is 18.2 Å². The van der Waals surface area contributed by atoms with E-state index in [4.69, 9.17) is 16.3 Å². The van der Waals surface area contributed by atoms with E-state index in [0.717, 1.165) is 31.2 Å². The van der Waals surface area contributed by atoms with Crippen molar-refractivity contribution in [3.8, 4) is 5.75 Å². The number of ether oxygens (including phenoxy) is 1. The number of benzene rings is 1. The van der Waals surface area contributed by atoms with Gasteiger partial charge in [-0.15, -0.1) is 0 Å². The molecule has 0 aliphatic heterocycles. The van der Waals surface area contributed by atoms with Crippen LogP contribution in [-0.2, 0) is 11.2 Å². The average Bonchev–Trinajstić information content (AvgIpc) is 2.41. The van der Waals surface area contributed by atoms with E-state index in [-0.39, 0.29) is 0 Å². The van der Waals surface area contributed by atoms with Crippen LogP contribution in [0.1, 0.15) is 38.2 Å². The summed E-state index contributed by atoms with van der Waals surface area (Å²) in [6.45, 7) is 2.19. The molecule has 1 aromatic rings. The van der Waals surface area contributed by atoms with Gasteiger partial charge in [-0.2, -0.15) is 0 Å². The summed E-state index contributed by atoms with van der Waals surface area (Å²) in [4.78, 5) is 11.8. The molecule has 0 saturated heterocycles. The van der Waals surface area contributed by atoms with E-state index >= 15 is 0 Å². The molecule has 1 aliphatic carbocycles. The van der Waals surface area contributed by atoms with Gasteiger partial charge in [-0.05, 0) is 61.8 Å². The number of methoxy groups -OCH3 is 1. The second kappa shape index (κ2) is 6.04. The number of hydrogen-bond acceptors (Lipinski definition) is 2. The number of carboxylic acids is 1. The molecular formula is C16H21ClO3. The maximum Gasteiger partial charge on any atom is 0.309 e. The van der Waals surface area contributed by atoms with Crippen molar-refractivity contribution in [2.75, 3.05) is 7.11 Å². The molecular weight excluding hydrogens is 276 g/mol. The highest BCUT2D eigenvalue weighted by molar-refractivity contribution is 6.30. The Morgan fingerprint density at radius 2 is 2.10 bits per heavy atom. The number of halogens is 1. The SMILES string of the molecule is COc1ccc(Cl)cc1CC1(C(=O)O)CCC(C)CC1. The van der Waals surface area contributed by atoms with E-state index in [9.17, 15) is 9.90 Å². The third-order valence-corrected chi connectivity index (χ3v) is 4.69. The van der Waals surface area contributed by atoms with Crippen LogP contribution >= 0.6 is 11.6 Å². The molecule has 0 radical (unpaired) electrons.